The van der Waals surface area contributed by atoms with Crippen molar-refractivity contribution in [1.29, 1.82) is 0 Å². The first kappa shape index (κ1) is 16.2. The first-order chi connectivity index (χ1) is 9.15. The van der Waals surface area contributed by atoms with Gasteiger partial charge in [-0.2, -0.15) is 0 Å². The van der Waals surface area contributed by atoms with Gasteiger partial charge in [-0.15, -0.1) is 0 Å². The van der Waals surface area contributed by atoms with Crippen LogP contribution in [0.5, 0.6) is 0 Å². The summed E-state index contributed by atoms with van der Waals surface area (Å²) < 4.78 is 13.6. The highest BCUT2D eigenvalue weighted by atomic mass is 35.5. The minimum Gasteiger partial charge on any atom is -0.299 e. The van der Waals surface area contributed by atoms with Gasteiger partial charge in [0.05, 0.1) is 5.02 Å². The van der Waals surface area contributed by atoms with Crippen LogP contribution >= 0.6 is 11.6 Å². The Bertz CT molecular complexity index is 404. The van der Waals surface area contributed by atoms with E-state index in [1.807, 2.05) is 0 Å². The Kier molecular flexibility index (Phi) is 7.73. The van der Waals surface area contributed by atoms with E-state index in [4.69, 9.17) is 11.6 Å². The number of ketones is 1. The highest BCUT2D eigenvalue weighted by Gasteiger charge is 2.10. The molecule has 106 valence electrons. The summed E-state index contributed by atoms with van der Waals surface area (Å²) in [5.41, 5.74) is 0.406. The van der Waals surface area contributed by atoms with Crippen LogP contribution in [0.25, 0.3) is 0 Å². The molecule has 0 saturated heterocycles. The maximum absolute atomic E-state index is 13.6. The van der Waals surface area contributed by atoms with Gasteiger partial charge in [0.15, 0.2) is 0 Å². The predicted molar refractivity (Wildman–Crippen MR) is 78.1 cm³/mol. The molecule has 0 aliphatic heterocycles. The summed E-state index contributed by atoms with van der Waals surface area (Å²) in [4.78, 5) is 11.8. The van der Waals surface area contributed by atoms with Gasteiger partial charge in [-0.3, -0.25) is 4.79 Å². The van der Waals surface area contributed by atoms with E-state index < -0.39 is 5.82 Å². The number of unbranched alkanes of at least 4 members (excludes halogenated alkanes) is 5. The molecule has 1 aromatic rings. The highest BCUT2D eigenvalue weighted by Crippen LogP contribution is 2.19. The van der Waals surface area contributed by atoms with Gasteiger partial charge >= 0.3 is 0 Å². The SMILES string of the molecule is CCCCCCCCC(=O)Cc1cccc(Cl)c1F. The lowest BCUT2D eigenvalue weighted by molar-refractivity contribution is -0.118. The van der Waals surface area contributed by atoms with E-state index in [1.54, 1.807) is 12.1 Å². The molecule has 1 rings (SSSR count). The molecule has 0 amide bonds. The van der Waals surface area contributed by atoms with E-state index >= 15 is 0 Å². The normalized spacial score (nSPS) is 10.7. The minimum atomic E-state index is -0.458. The monoisotopic (exact) mass is 284 g/mol. The molecule has 3 heteroatoms. The van der Waals surface area contributed by atoms with Crippen LogP contribution in [-0.2, 0) is 11.2 Å². The summed E-state index contributed by atoms with van der Waals surface area (Å²) in [7, 11) is 0. The van der Waals surface area contributed by atoms with Crippen LogP contribution in [0.1, 0.15) is 57.4 Å². The number of carbonyl (C=O) groups excluding carboxylic acids is 1. The lowest BCUT2D eigenvalue weighted by Crippen LogP contribution is -2.04. The van der Waals surface area contributed by atoms with Gasteiger partial charge < -0.3 is 0 Å². The first-order valence-corrected chi connectivity index (χ1v) is 7.47. The molecular formula is C16H22ClFO. The van der Waals surface area contributed by atoms with Crippen LogP contribution in [0.3, 0.4) is 0 Å². The second-order valence-electron chi connectivity index (χ2n) is 4.95. The van der Waals surface area contributed by atoms with Gasteiger partial charge in [0.25, 0.3) is 0 Å². The summed E-state index contributed by atoms with van der Waals surface area (Å²) in [6.07, 6.45) is 7.61. The Balaban J connectivity index is 2.26. The Morgan fingerprint density at radius 3 is 2.58 bits per heavy atom. The molecular weight excluding hydrogens is 263 g/mol. The summed E-state index contributed by atoms with van der Waals surface area (Å²) in [5.74, 6) is -0.364. The fourth-order valence-corrected chi connectivity index (χ4v) is 2.28. The third-order valence-electron chi connectivity index (χ3n) is 3.23. The summed E-state index contributed by atoms with van der Waals surface area (Å²) in [6.45, 7) is 2.18. The van der Waals surface area contributed by atoms with Crippen molar-refractivity contribution >= 4 is 17.4 Å². The highest BCUT2D eigenvalue weighted by molar-refractivity contribution is 6.30. The minimum absolute atomic E-state index is 0.0878. The second-order valence-corrected chi connectivity index (χ2v) is 5.35. The molecule has 19 heavy (non-hydrogen) atoms. The fourth-order valence-electron chi connectivity index (χ4n) is 2.09. The number of halogens is 2. The van der Waals surface area contributed by atoms with Crippen molar-refractivity contribution in [2.75, 3.05) is 0 Å². The zero-order chi connectivity index (χ0) is 14.1. The number of hydrogen-bond donors (Lipinski definition) is 0. The Morgan fingerprint density at radius 2 is 1.84 bits per heavy atom. The molecule has 0 saturated carbocycles. The largest absolute Gasteiger partial charge is 0.299 e. The second kappa shape index (κ2) is 9.08. The predicted octanol–water partition coefficient (Wildman–Crippen LogP) is 5.34. The molecule has 0 unspecified atom stereocenters. The molecule has 0 bridgehead atoms. The maximum Gasteiger partial charge on any atom is 0.145 e. The average molecular weight is 285 g/mol. The molecule has 0 fully saturated rings. The number of carbonyl (C=O) groups is 1. The van der Waals surface area contributed by atoms with Gasteiger partial charge in [0.2, 0.25) is 0 Å². The summed E-state index contributed by atoms with van der Waals surface area (Å²) in [5, 5.41) is 0.0878. The quantitative estimate of drug-likeness (QED) is 0.559. The molecule has 0 heterocycles. The molecule has 0 radical (unpaired) electrons. The van der Waals surface area contributed by atoms with E-state index in [0.29, 0.717) is 12.0 Å². The number of rotatable bonds is 9. The van der Waals surface area contributed by atoms with Gasteiger partial charge in [0, 0.05) is 12.8 Å². The molecule has 1 aromatic carbocycles. The lowest BCUT2D eigenvalue weighted by Gasteiger charge is -2.04. The van der Waals surface area contributed by atoms with E-state index in [9.17, 15) is 9.18 Å². The fraction of sp³-hybridized carbons (Fsp3) is 0.562. The topological polar surface area (TPSA) is 17.1 Å². The van der Waals surface area contributed by atoms with Gasteiger partial charge in [0.1, 0.15) is 11.6 Å². The molecule has 0 atom stereocenters. The molecule has 0 aromatic heterocycles. The van der Waals surface area contributed by atoms with Crippen LogP contribution in [-0.4, -0.2) is 5.78 Å². The average Bonchev–Trinajstić information content (AvgIpc) is 2.39. The van der Waals surface area contributed by atoms with Crippen molar-refractivity contribution in [2.24, 2.45) is 0 Å². The Hall–Kier alpha value is -0.890. The van der Waals surface area contributed by atoms with Crippen LogP contribution in [0.15, 0.2) is 18.2 Å². The van der Waals surface area contributed by atoms with Gasteiger partial charge in [-0.1, -0.05) is 62.8 Å². The molecule has 0 spiro atoms. The smallest absolute Gasteiger partial charge is 0.145 e. The van der Waals surface area contributed by atoms with Crippen LogP contribution in [0.4, 0.5) is 4.39 Å². The van der Waals surface area contributed by atoms with E-state index in [0.717, 1.165) is 12.8 Å². The van der Waals surface area contributed by atoms with Crippen molar-refractivity contribution < 1.29 is 9.18 Å². The Labute approximate surface area is 120 Å². The zero-order valence-electron chi connectivity index (χ0n) is 11.6. The third kappa shape index (κ3) is 6.20. The maximum atomic E-state index is 13.6. The lowest BCUT2D eigenvalue weighted by atomic mass is 10.0. The van der Waals surface area contributed by atoms with Crippen LogP contribution in [0, 0.1) is 5.82 Å². The van der Waals surface area contributed by atoms with E-state index in [2.05, 4.69) is 6.92 Å². The van der Waals surface area contributed by atoms with Crippen LogP contribution < -0.4 is 0 Å². The number of hydrogen-bond acceptors (Lipinski definition) is 1. The molecule has 0 aliphatic rings. The van der Waals surface area contributed by atoms with Crippen LogP contribution in [0.2, 0.25) is 5.02 Å². The van der Waals surface area contributed by atoms with Crippen molar-refractivity contribution in [3.63, 3.8) is 0 Å². The molecule has 0 N–H and O–H groups in total. The standard InChI is InChI=1S/C16H22ClFO/c1-2-3-4-5-6-7-10-14(19)12-13-9-8-11-15(17)16(13)18/h8-9,11H,2-7,10,12H2,1H3. The Morgan fingerprint density at radius 1 is 1.16 bits per heavy atom. The summed E-state index contributed by atoms with van der Waals surface area (Å²) in [6, 6.07) is 4.80. The zero-order valence-corrected chi connectivity index (χ0v) is 12.3. The summed E-state index contributed by atoms with van der Waals surface area (Å²) >= 11 is 5.69. The van der Waals surface area contributed by atoms with Gasteiger partial charge in [-0.05, 0) is 18.1 Å². The van der Waals surface area contributed by atoms with Crippen molar-refractivity contribution in [3.05, 3.63) is 34.6 Å². The van der Waals surface area contributed by atoms with Crippen molar-refractivity contribution in [1.82, 2.24) is 0 Å². The van der Waals surface area contributed by atoms with Gasteiger partial charge in [-0.25, -0.2) is 4.39 Å². The number of benzene rings is 1. The van der Waals surface area contributed by atoms with Crippen molar-refractivity contribution in [3.8, 4) is 0 Å². The van der Waals surface area contributed by atoms with E-state index in [1.165, 1.54) is 31.7 Å². The van der Waals surface area contributed by atoms with Crippen molar-refractivity contribution in [2.45, 2.75) is 58.3 Å². The van der Waals surface area contributed by atoms with E-state index in [-0.39, 0.29) is 17.2 Å². The number of Topliss-reactive ketones (excluding diaryl/α,β-unsaturated/α-hetero) is 1. The first-order valence-electron chi connectivity index (χ1n) is 7.09. The third-order valence-corrected chi connectivity index (χ3v) is 3.52. The molecule has 1 nitrogen and oxygen atoms in total. The molecule has 0 aliphatic carbocycles.